The average molecular weight is 467 g/mol. The van der Waals surface area contributed by atoms with Gasteiger partial charge in [0.2, 0.25) is 5.91 Å². The van der Waals surface area contributed by atoms with Gasteiger partial charge in [-0.3, -0.25) is 4.79 Å². The van der Waals surface area contributed by atoms with E-state index in [4.69, 9.17) is 14.2 Å². The molecule has 0 aliphatic carbocycles. The summed E-state index contributed by atoms with van der Waals surface area (Å²) in [6, 6.07) is 4.41. The fraction of sp³-hybridized carbons (Fsp3) is 0.625. The molecule has 4 atom stereocenters. The van der Waals surface area contributed by atoms with Crippen molar-refractivity contribution in [2.24, 2.45) is 5.92 Å². The lowest BCUT2D eigenvalue weighted by molar-refractivity contribution is -0.146. The van der Waals surface area contributed by atoms with Crippen LogP contribution >= 0.6 is 0 Å². The third-order valence-corrected chi connectivity index (χ3v) is 5.64. The normalized spacial score (nSPS) is 18.9. The SMILES string of the molecule is COC(=O)C(Cc1ccc(F)cc1)NC(=O)C(C)C(OC)[C@@H]1CCCN1C(=O)OC(C)(C)C. The van der Waals surface area contributed by atoms with Crippen LogP contribution in [0.25, 0.3) is 0 Å². The first kappa shape index (κ1) is 26.6. The largest absolute Gasteiger partial charge is 0.467 e. The number of nitrogens with one attached hydrogen (secondary N) is 1. The Hall–Kier alpha value is -2.68. The lowest BCUT2D eigenvalue weighted by Crippen LogP contribution is -2.53. The van der Waals surface area contributed by atoms with Crippen molar-refractivity contribution in [1.29, 1.82) is 0 Å². The molecule has 1 saturated heterocycles. The smallest absolute Gasteiger partial charge is 0.410 e. The molecule has 0 bridgehead atoms. The summed E-state index contributed by atoms with van der Waals surface area (Å²) in [5.74, 6) is -2.07. The Labute approximate surface area is 194 Å². The number of hydrogen-bond donors (Lipinski definition) is 1. The molecule has 2 amide bonds. The van der Waals surface area contributed by atoms with E-state index >= 15 is 0 Å². The van der Waals surface area contributed by atoms with Crippen molar-refractivity contribution in [2.75, 3.05) is 20.8 Å². The number of ether oxygens (including phenoxy) is 3. The minimum absolute atomic E-state index is 0.149. The minimum Gasteiger partial charge on any atom is -0.467 e. The van der Waals surface area contributed by atoms with Crippen molar-refractivity contribution >= 4 is 18.0 Å². The van der Waals surface area contributed by atoms with E-state index in [1.807, 2.05) is 0 Å². The van der Waals surface area contributed by atoms with E-state index in [-0.39, 0.29) is 18.3 Å². The second kappa shape index (κ2) is 11.4. The standard InChI is InChI=1S/C24H35FN2O6/c1-15(20(31-5)19-8-7-13-27(19)23(30)33-24(2,3)4)21(28)26-18(22(29)32-6)14-16-9-11-17(25)12-10-16/h9-12,15,18-20H,7-8,13-14H2,1-6H3,(H,26,28)/t15?,18?,19-,20?/m0/s1. The summed E-state index contributed by atoms with van der Waals surface area (Å²) in [5, 5.41) is 2.73. The zero-order chi connectivity index (χ0) is 24.8. The lowest BCUT2D eigenvalue weighted by Gasteiger charge is -2.35. The molecule has 0 saturated carbocycles. The highest BCUT2D eigenvalue weighted by Crippen LogP contribution is 2.28. The van der Waals surface area contributed by atoms with Crippen molar-refractivity contribution in [3.63, 3.8) is 0 Å². The van der Waals surface area contributed by atoms with Gasteiger partial charge in [0.1, 0.15) is 17.5 Å². The molecule has 1 N–H and O–H groups in total. The zero-order valence-corrected chi connectivity index (χ0v) is 20.2. The first-order valence-electron chi connectivity index (χ1n) is 11.1. The Morgan fingerprint density at radius 1 is 1.18 bits per heavy atom. The van der Waals surface area contributed by atoms with Gasteiger partial charge in [-0.05, 0) is 51.3 Å². The number of nitrogens with zero attached hydrogens (tertiary/aromatic N) is 1. The number of methoxy groups -OCH3 is 2. The Morgan fingerprint density at radius 2 is 1.82 bits per heavy atom. The maximum Gasteiger partial charge on any atom is 0.410 e. The van der Waals surface area contributed by atoms with Crippen molar-refractivity contribution in [3.8, 4) is 0 Å². The van der Waals surface area contributed by atoms with E-state index in [0.717, 1.165) is 6.42 Å². The molecule has 1 aliphatic heterocycles. The summed E-state index contributed by atoms with van der Waals surface area (Å²) in [4.78, 5) is 39.7. The van der Waals surface area contributed by atoms with Crippen molar-refractivity contribution in [2.45, 2.75) is 70.7 Å². The molecule has 1 aliphatic rings. The molecule has 0 aromatic heterocycles. The van der Waals surface area contributed by atoms with Crippen LogP contribution in [-0.4, -0.2) is 67.4 Å². The second-order valence-electron chi connectivity index (χ2n) is 9.29. The summed E-state index contributed by atoms with van der Waals surface area (Å²) >= 11 is 0. The third-order valence-electron chi connectivity index (χ3n) is 5.64. The summed E-state index contributed by atoms with van der Waals surface area (Å²) < 4.78 is 29.2. The van der Waals surface area contributed by atoms with Crippen molar-refractivity contribution < 1.29 is 33.0 Å². The maximum absolute atomic E-state index is 13.2. The number of esters is 1. The Balaban J connectivity index is 2.12. The van der Waals surface area contributed by atoms with Crippen LogP contribution in [0.4, 0.5) is 9.18 Å². The van der Waals surface area contributed by atoms with Gasteiger partial charge in [-0.15, -0.1) is 0 Å². The maximum atomic E-state index is 13.2. The van der Waals surface area contributed by atoms with Crippen LogP contribution in [0, 0.1) is 11.7 Å². The molecule has 1 heterocycles. The average Bonchev–Trinajstić information content (AvgIpc) is 3.23. The molecule has 0 radical (unpaired) electrons. The summed E-state index contributed by atoms with van der Waals surface area (Å²) in [5.41, 5.74) is 0.0408. The van der Waals surface area contributed by atoms with Gasteiger partial charge in [-0.1, -0.05) is 19.1 Å². The van der Waals surface area contributed by atoms with Gasteiger partial charge in [0.25, 0.3) is 0 Å². The number of carbonyl (C=O) groups excluding carboxylic acids is 3. The van der Waals surface area contributed by atoms with E-state index in [9.17, 15) is 18.8 Å². The molecular weight excluding hydrogens is 431 g/mol. The molecule has 184 valence electrons. The molecule has 8 nitrogen and oxygen atoms in total. The monoisotopic (exact) mass is 466 g/mol. The number of benzene rings is 1. The van der Waals surface area contributed by atoms with Gasteiger partial charge in [0.05, 0.1) is 25.2 Å². The number of amides is 2. The van der Waals surface area contributed by atoms with Gasteiger partial charge in [-0.2, -0.15) is 0 Å². The van der Waals surface area contributed by atoms with Gasteiger partial charge < -0.3 is 24.4 Å². The van der Waals surface area contributed by atoms with Crippen molar-refractivity contribution in [3.05, 3.63) is 35.6 Å². The predicted octanol–water partition coefficient (Wildman–Crippen LogP) is 3.08. The van der Waals surface area contributed by atoms with E-state index in [1.54, 1.807) is 44.7 Å². The summed E-state index contributed by atoms with van der Waals surface area (Å²) in [6.07, 6.45) is 0.558. The second-order valence-corrected chi connectivity index (χ2v) is 9.29. The first-order chi connectivity index (χ1) is 15.5. The van der Waals surface area contributed by atoms with E-state index < -0.39 is 41.6 Å². The van der Waals surface area contributed by atoms with Gasteiger partial charge in [0, 0.05) is 20.1 Å². The molecule has 33 heavy (non-hydrogen) atoms. The molecule has 0 spiro atoms. The molecule has 9 heteroatoms. The number of carbonyl (C=O) groups is 3. The number of hydrogen-bond acceptors (Lipinski definition) is 6. The molecular formula is C24H35FN2O6. The van der Waals surface area contributed by atoms with Crippen LogP contribution < -0.4 is 5.32 Å². The third kappa shape index (κ3) is 7.42. The van der Waals surface area contributed by atoms with Crippen LogP contribution in [0.15, 0.2) is 24.3 Å². The first-order valence-corrected chi connectivity index (χ1v) is 11.1. The molecule has 1 aromatic carbocycles. The van der Waals surface area contributed by atoms with Crippen LogP contribution in [0.1, 0.15) is 46.1 Å². The van der Waals surface area contributed by atoms with Gasteiger partial charge in [0.15, 0.2) is 0 Å². The topological polar surface area (TPSA) is 94.2 Å². The van der Waals surface area contributed by atoms with Crippen LogP contribution in [-0.2, 0) is 30.2 Å². The summed E-state index contributed by atoms with van der Waals surface area (Å²) in [7, 11) is 2.74. The highest BCUT2D eigenvalue weighted by molar-refractivity contribution is 5.86. The van der Waals surface area contributed by atoms with Crippen LogP contribution in [0.5, 0.6) is 0 Å². The van der Waals surface area contributed by atoms with E-state index in [2.05, 4.69) is 5.32 Å². The summed E-state index contributed by atoms with van der Waals surface area (Å²) in [6.45, 7) is 7.61. The quantitative estimate of drug-likeness (QED) is 0.592. The van der Waals surface area contributed by atoms with Crippen molar-refractivity contribution in [1.82, 2.24) is 10.2 Å². The lowest BCUT2D eigenvalue weighted by atomic mass is 9.94. The number of likely N-dealkylation sites (tertiary alicyclic amines) is 1. The molecule has 1 aromatic rings. The molecule has 1 fully saturated rings. The minimum atomic E-state index is -0.946. The number of halogens is 1. The molecule has 2 rings (SSSR count). The van der Waals surface area contributed by atoms with Crippen LogP contribution in [0.2, 0.25) is 0 Å². The fourth-order valence-corrected chi connectivity index (χ4v) is 4.02. The van der Waals surface area contributed by atoms with Gasteiger partial charge in [-0.25, -0.2) is 14.0 Å². The highest BCUT2D eigenvalue weighted by Gasteiger charge is 2.41. The van der Waals surface area contributed by atoms with Gasteiger partial charge >= 0.3 is 12.1 Å². The Kier molecular flexibility index (Phi) is 9.22. The predicted molar refractivity (Wildman–Crippen MR) is 120 cm³/mol. The Bertz CT molecular complexity index is 823. The molecule has 3 unspecified atom stereocenters. The number of rotatable bonds is 8. The van der Waals surface area contributed by atoms with E-state index in [1.165, 1.54) is 26.4 Å². The highest BCUT2D eigenvalue weighted by atomic mass is 19.1. The zero-order valence-electron chi connectivity index (χ0n) is 20.2. The van der Waals surface area contributed by atoms with Crippen LogP contribution in [0.3, 0.4) is 0 Å². The Morgan fingerprint density at radius 3 is 2.36 bits per heavy atom. The fourth-order valence-electron chi connectivity index (χ4n) is 4.02. The van der Waals surface area contributed by atoms with E-state index in [0.29, 0.717) is 18.5 Å².